The van der Waals surface area contributed by atoms with Crippen LogP contribution in [0.3, 0.4) is 0 Å². The highest BCUT2D eigenvalue weighted by Crippen LogP contribution is 2.22. The molecule has 2 amide bonds. The van der Waals surface area contributed by atoms with Crippen LogP contribution < -0.4 is 11.5 Å². The minimum atomic E-state index is -1.95. The molecule has 1 rings (SSSR count). The molecule has 0 saturated carbocycles. The van der Waals surface area contributed by atoms with E-state index in [1.165, 1.54) is 0 Å². The first-order valence-corrected chi connectivity index (χ1v) is 4.59. The maximum absolute atomic E-state index is 13.0. The Morgan fingerprint density at radius 3 is 2.29 bits per heavy atom. The van der Waals surface area contributed by atoms with Gasteiger partial charge in [0.25, 0.3) is 0 Å². The summed E-state index contributed by atoms with van der Waals surface area (Å²) >= 11 is 0. The summed E-state index contributed by atoms with van der Waals surface area (Å²) in [7, 11) is 0. The molecule has 1 aromatic rings. The van der Waals surface area contributed by atoms with Crippen molar-refractivity contribution in [3.05, 3.63) is 35.1 Å². The van der Waals surface area contributed by atoms with Crippen molar-refractivity contribution in [2.75, 3.05) is 0 Å². The quantitative estimate of drug-likeness (QED) is 0.529. The minimum Gasteiger partial charge on any atom is -0.385 e. The number of benzene rings is 1. The number of carbonyl (C=O) groups excluding carboxylic acids is 2. The number of rotatable bonds is 4. The summed E-state index contributed by atoms with van der Waals surface area (Å²) < 4.78 is 13.0. The summed E-state index contributed by atoms with van der Waals surface area (Å²) in [5.74, 6) is -2.87. The fourth-order valence-electron chi connectivity index (χ4n) is 1.33. The molecule has 0 fully saturated rings. The first-order valence-electron chi connectivity index (χ1n) is 4.59. The van der Waals surface area contributed by atoms with Gasteiger partial charge in [0.1, 0.15) is 11.9 Å². The Morgan fingerprint density at radius 1 is 1.24 bits per heavy atom. The van der Waals surface area contributed by atoms with Crippen molar-refractivity contribution in [2.45, 2.75) is 12.2 Å². The molecule has 17 heavy (non-hydrogen) atoms. The van der Waals surface area contributed by atoms with Gasteiger partial charge in [-0.3, -0.25) is 9.59 Å². The molecule has 0 spiro atoms. The first kappa shape index (κ1) is 13.1. The van der Waals surface area contributed by atoms with Crippen molar-refractivity contribution in [2.24, 2.45) is 11.5 Å². The van der Waals surface area contributed by atoms with Crippen LogP contribution in [0.2, 0.25) is 0 Å². The van der Waals surface area contributed by atoms with Crippen LogP contribution in [-0.2, 0) is 4.79 Å². The van der Waals surface area contributed by atoms with Gasteiger partial charge in [-0.15, -0.1) is 0 Å². The fourth-order valence-corrected chi connectivity index (χ4v) is 1.33. The lowest BCUT2D eigenvalue weighted by Crippen LogP contribution is -2.34. The lowest BCUT2D eigenvalue weighted by molar-refractivity contribution is -0.132. The van der Waals surface area contributed by atoms with E-state index in [0.717, 1.165) is 18.2 Å². The maximum Gasteiger partial charge on any atom is 0.249 e. The smallest absolute Gasteiger partial charge is 0.249 e. The fraction of sp³-hybridized carbons (Fsp3) is 0.200. The number of halogens is 1. The second-order valence-corrected chi connectivity index (χ2v) is 3.39. The Hall–Kier alpha value is -1.99. The lowest BCUT2D eigenvalue weighted by atomic mass is 9.97. The van der Waals surface area contributed by atoms with Crippen LogP contribution in [0.25, 0.3) is 0 Å². The highest BCUT2D eigenvalue weighted by molar-refractivity contribution is 5.94. The third kappa shape index (κ3) is 2.77. The van der Waals surface area contributed by atoms with E-state index in [-0.39, 0.29) is 11.1 Å². The van der Waals surface area contributed by atoms with Crippen LogP contribution in [0.1, 0.15) is 22.0 Å². The van der Waals surface area contributed by atoms with E-state index in [2.05, 4.69) is 0 Å². The molecule has 0 heterocycles. The van der Waals surface area contributed by atoms with Crippen LogP contribution in [0.4, 0.5) is 4.39 Å². The van der Waals surface area contributed by atoms with Crippen molar-refractivity contribution in [1.29, 1.82) is 0 Å². The van der Waals surface area contributed by atoms with E-state index >= 15 is 0 Å². The third-order valence-corrected chi connectivity index (χ3v) is 2.19. The normalized spacial score (nSPS) is 14.1. The van der Waals surface area contributed by atoms with Crippen LogP contribution >= 0.6 is 0 Å². The van der Waals surface area contributed by atoms with Gasteiger partial charge in [-0.2, -0.15) is 0 Å². The van der Waals surface area contributed by atoms with Gasteiger partial charge in [-0.25, -0.2) is 4.39 Å². The Bertz CT molecular complexity index is 464. The van der Waals surface area contributed by atoms with Crippen molar-refractivity contribution >= 4 is 11.8 Å². The summed E-state index contributed by atoms with van der Waals surface area (Å²) in [6.45, 7) is 0. The van der Waals surface area contributed by atoms with E-state index in [9.17, 15) is 24.2 Å². The molecular weight excluding hydrogens is 231 g/mol. The van der Waals surface area contributed by atoms with E-state index in [4.69, 9.17) is 11.5 Å². The summed E-state index contributed by atoms with van der Waals surface area (Å²) in [5, 5.41) is 18.8. The summed E-state index contributed by atoms with van der Waals surface area (Å²) in [6.07, 6.45) is -3.76. The standard InChI is InChI=1S/C10H11FN2O4/c11-4-1-2-5(9(12)16)6(3-4)7(14)8(15)10(13)17/h1-3,7-8,14-15H,(H2,12,16)(H2,13,17). The molecule has 7 heteroatoms. The SMILES string of the molecule is NC(=O)c1ccc(F)cc1C(O)C(O)C(N)=O. The van der Waals surface area contributed by atoms with E-state index in [1.54, 1.807) is 0 Å². The minimum absolute atomic E-state index is 0.195. The Kier molecular flexibility index (Phi) is 3.77. The van der Waals surface area contributed by atoms with Gasteiger partial charge < -0.3 is 21.7 Å². The number of hydrogen-bond donors (Lipinski definition) is 4. The molecule has 0 bridgehead atoms. The van der Waals surface area contributed by atoms with Crippen LogP contribution in [0.15, 0.2) is 18.2 Å². The summed E-state index contributed by atoms with van der Waals surface area (Å²) in [4.78, 5) is 21.7. The van der Waals surface area contributed by atoms with Crippen molar-refractivity contribution in [1.82, 2.24) is 0 Å². The molecule has 0 aliphatic heterocycles. The van der Waals surface area contributed by atoms with Gasteiger partial charge in [0.15, 0.2) is 6.10 Å². The highest BCUT2D eigenvalue weighted by Gasteiger charge is 2.27. The predicted molar refractivity (Wildman–Crippen MR) is 55.1 cm³/mol. The molecule has 2 unspecified atom stereocenters. The van der Waals surface area contributed by atoms with Gasteiger partial charge in [-0.05, 0) is 23.8 Å². The van der Waals surface area contributed by atoms with Crippen LogP contribution in [-0.4, -0.2) is 28.1 Å². The third-order valence-electron chi connectivity index (χ3n) is 2.19. The molecule has 0 aliphatic rings. The molecular formula is C10H11FN2O4. The van der Waals surface area contributed by atoms with Crippen LogP contribution in [0.5, 0.6) is 0 Å². The monoisotopic (exact) mass is 242 g/mol. The number of carbonyl (C=O) groups is 2. The summed E-state index contributed by atoms with van der Waals surface area (Å²) in [5.41, 5.74) is 9.30. The number of aliphatic hydroxyl groups excluding tert-OH is 2. The number of aliphatic hydroxyl groups is 2. The van der Waals surface area contributed by atoms with Gasteiger partial charge >= 0.3 is 0 Å². The van der Waals surface area contributed by atoms with E-state index in [0.29, 0.717) is 0 Å². The van der Waals surface area contributed by atoms with E-state index < -0.39 is 29.8 Å². The lowest BCUT2D eigenvalue weighted by Gasteiger charge is -2.17. The number of nitrogens with two attached hydrogens (primary N) is 2. The molecule has 0 aliphatic carbocycles. The molecule has 2 atom stereocenters. The molecule has 92 valence electrons. The second kappa shape index (κ2) is 4.89. The maximum atomic E-state index is 13.0. The van der Waals surface area contributed by atoms with Crippen molar-refractivity contribution < 1.29 is 24.2 Å². The van der Waals surface area contributed by atoms with Gasteiger partial charge in [-0.1, -0.05) is 0 Å². The first-order chi connectivity index (χ1) is 7.84. The zero-order valence-corrected chi connectivity index (χ0v) is 8.63. The largest absolute Gasteiger partial charge is 0.385 e. The average molecular weight is 242 g/mol. The van der Waals surface area contributed by atoms with Gasteiger partial charge in [0, 0.05) is 5.56 Å². The highest BCUT2D eigenvalue weighted by atomic mass is 19.1. The Morgan fingerprint density at radius 2 is 1.82 bits per heavy atom. The second-order valence-electron chi connectivity index (χ2n) is 3.39. The molecule has 0 radical (unpaired) electrons. The van der Waals surface area contributed by atoms with Crippen molar-refractivity contribution in [3.63, 3.8) is 0 Å². The number of hydrogen-bond acceptors (Lipinski definition) is 4. The summed E-state index contributed by atoms with van der Waals surface area (Å²) in [6, 6.07) is 2.81. The van der Waals surface area contributed by atoms with Crippen LogP contribution in [0, 0.1) is 5.82 Å². The average Bonchev–Trinajstić information content (AvgIpc) is 2.26. The molecule has 6 N–H and O–H groups in total. The predicted octanol–water partition coefficient (Wildman–Crippen LogP) is -1.20. The van der Waals surface area contributed by atoms with Crippen molar-refractivity contribution in [3.8, 4) is 0 Å². The van der Waals surface area contributed by atoms with E-state index in [1.807, 2.05) is 0 Å². The number of primary amides is 2. The zero-order chi connectivity index (χ0) is 13.2. The molecule has 0 aromatic heterocycles. The zero-order valence-electron chi connectivity index (χ0n) is 8.63. The molecule has 0 saturated heterocycles. The molecule has 6 nitrogen and oxygen atoms in total. The molecule has 1 aromatic carbocycles. The topological polar surface area (TPSA) is 127 Å². The Labute approximate surface area is 95.6 Å². The Balaban J connectivity index is 3.23. The van der Waals surface area contributed by atoms with Gasteiger partial charge in [0.2, 0.25) is 11.8 Å². The van der Waals surface area contributed by atoms with Gasteiger partial charge in [0.05, 0.1) is 0 Å². The number of amides is 2.